The topological polar surface area (TPSA) is 89.6 Å². The van der Waals surface area contributed by atoms with E-state index >= 15 is 0 Å². The Labute approximate surface area is 94.8 Å². The van der Waals surface area contributed by atoms with Crippen LogP contribution in [0, 0.1) is 0 Å². The molecule has 0 radical (unpaired) electrons. The van der Waals surface area contributed by atoms with Crippen molar-refractivity contribution in [2.24, 2.45) is 5.73 Å². The van der Waals surface area contributed by atoms with Gasteiger partial charge < -0.3 is 15.6 Å². The van der Waals surface area contributed by atoms with Crippen LogP contribution in [-0.4, -0.2) is 33.4 Å². The minimum absolute atomic E-state index is 0.00421. The molecule has 0 fully saturated rings. The third-order valence-corrected chi connectivity index (χ3v) is 3.36. The number of hydrogen-bond donors (Lipinski definition) is 2. The molecule has 0 spiro atoms. The smallest absolute Gasteiger partial charge is 0.179 e. The first-order valence-electron chi connectivity index (χ1n) is 4.67. The van der Waals surface area contributed by atoms with E-state index in [1.54, 1.807) is 6.07 Å². The molecule has 5 nitrogen and oxygen atoms in total. The van der Waals surface area contributed by atoms with Crippen molar-refractivity contribution < 1.29 is 18.3 Å². The minimum atomic E-state index is -3.47. The summed E-state index contributed by atoms with van der Waals surface area (Å²) in [5, 5.41) is 9.65. The summed E-state index contributed by atoms with van der Waals surface area (Å²) in [5.41, 5.74) is 5.59. The fourth-order valence-electron chi connectivity index (χ4n) is 1.48. The van der Waals surface area contributed by atoms with Gasteiger partial charge in [0.1, 0.15) is 10.6 Å². The number of sulfone groups is 1. The Bertz CT molecular complexity index is 470. The molecule has 1 atom stereocenters. The van der Waals surface area contributed by atoms with Gasteiger partial charge >= 0.3 is 0 Å². The molecule has 16 heavy (non-hydrogen) atoms. The van der Waals surface area contributed by atoms with Gasteiger partial charge in [-0.2, -0.15) is 0 Å². The lowest BCUT2D eigenvalue weighted by Gasteiger charge is -2.15. The van der Waals surface area contributed by atoms with Crippen LogP contribution in [-0.2, 0) is 9.84 Å². The van der Waals surface area contributed by atoms with E-state index in [0.717, 1.165) is 6.26 Å². The summed E-state index contributed by atoms with van der Waals surface area (Å²) in [7, 11) is -2.09. The molecule has 1 aromatic rings. The first kappa shape index (κ1) is 13.0. The summed E-state index contributed by atoms with van der Waals surface area (Å²) in [5.74, 6) is 0.215. The number of rotatable bonds is 4. The number of aliphatic hydroxyl groups excluding tert-OH is 1. The van der Waals surface area contributed by atoms with E-state index in [9.17, 15) is 13.5 Å². The van der Waals surface area contributed by atoms with Gasteiger partial charge in [0.05, 0.1) is 13.2 Å². The Morgan fingerprint density at radius 2 is 2.12 bits per heavy atom. The number of benzene rings is 1. The van der Waals surface area contributed by atoms with E-state index in [2.05, 4.69) is 0 Å². The predicted octanol–water partition coefficient (Wildman–Crippen LogP) is 0.0908. The monoisotopic (exact) mass is 245 g/mol. The van der Waals surface area contributed by atoms with Gasteiger partial charge in [-0.15, -0.1) is 0 Å². The van der Waals surface area contributed by atoms with Crippen LogP contribution in [0.5, 0.6) is 5.75 Å². The van der Waals surface area contributed by atoms with Crippen LogP contribution in [0.25, 0.3) is 0 Å². The molecular formula is C10H15NO4S. The standard InChI is InChI=1S/C10H15NO4S/c1-15-9-5-3-4-7(8(12)6-11)10(9)16(2,13)14/h3-5,8,12H,6,11H2,1-2H3. The van der Waals surface area contributed by atoms with Gasteiger partial charge in [0.15, 0.2) is 9.84 Å². The molecule has 0 saturated carbocycles. The van der Waals surface area contributed by atoms with Crippen LogP contribution in [0.15, 0.2) is 23.1 Å². The molecule has 1 rings (SSSR count). The summed E-state index contributed by atoms with van der Waals surface area (Å²) in [6, 6.07) is 4.67. The zero-order valence-corrected chi connectivity index (χ0v) is 9.99. The largest absolute Gasteiger partial charge is 0.495 e. The zero-order valence-electron chi connectivity index (χ0n) is 9.17. The molecule has 1 aromatic carbocycles. The van der Waals surface area contributed by atoms with Crippen molar-refractivity contribution in [2.45, 2.75) is 11.0 Å². The Morgan fingerprint density at radius 3 is 2.56 bits per heavy atom. The summed E-state index contributed by atoms with van der Waals surface area (Å²) in [6.07, 6.45) is 0.0530. The molecule has 0 bridgehead atoms. The predicted molar refractivity (Wildman–Crippen MR) is 60.1 cm³/mol. The number of nitrogens with two attached hydrogens (primary N) is 1. The van der Waals surface area contributed by atoms with E-state index < -0.39 is 15.9 Å². The third kappa shape index (κ3) is 2.52. The van der Waals surface area contributed by atoms with Crippen molar-refractivity contribution >= 4 is 9.84 Å². The quantitative estimate of drug-likeness (QED) is 0.784. The van der Waals surface area contributed by atoms with Crippen molar-refractivity contribution in [1.82, 2.24) is 0 Å². The van der Waals surface area contributed by atoms with Crippen molar-refractivity contribution in [3.05, 3.63) is 23.8 Å². The van der Waals surface area contributed by atoms with Gasteiger partial charge in [0.2, 0.25) is 0 Å². The van der Waals surface area contributed by atoms with E-state index in [1.165, 1.54) is 19.2 Å². The fourth-order valence-corrected chi connectivity index (χ4v) is 2.63. The third-order valence-electron chi connectivity index (χ3n) is 2.18. The van der Waals surface area contributed by atoms with Gasteiger partial charge in [-0.05, 0) is 6.07 Å². The highest BCUT2D eigenvalue weighted by molar-refractivity contribution is 7.90. The van der Waals surface area contributed by atoms with Crippen LogP contribution in [0.2, 0.25) is 0 Å². The van der Waals surface area contributed by atoms with Crippen LogP contribution in [0.1, 0.15) is 11.7 Å². The average Bonchev–Trinajstić information content (AvgIpc) is 2.25. The molecule has 6 heteroatoms. The van der Waals surface area contributed by atoms with Crippen molar-refractivity contribution in [3.63, 3.8) is 0 Å². The second-order valence-electron chi connectivity index (χ2n) is 3.40. The van der Waals surface area contributed by atoms with Crippen LogP contribution in [0.4, 0.5) is 0 Å². The molecule has 0 saturated heterocycles. The summed E-state index contributed by atoms with van der Waals surface area (Å²) < 4.78 is 28.2. The highest BCUT2D eigenvalue weighted by atomic mass is 32.2. The molecular weight excluding hydrogens is 230 g/mol. The molecule has 1 unspecified atom stereocenters. The number of aliphatic hydroxyl groups is 1. The van der Waals surface area contributed by atoms with Crippen LogP contribution >= 0.6 is 0 Å². The second-order valence-corrected chi connectivity index (χ2v) is 5.35. The van der Waals surface area contributed by atoms with Crippen LogP contribution < -0.4 is 10.5 Å². The highest BCUT2D eigenvalue weighted by Gasteiger charge is 2.22. The Balaban J connectivity index is 3.50. The summed E-state index contributed by atoms with van der Waals surface area (Å²) in [6.45, 7) is -0.0459. The lowest BCUT2D eigenvalue weighted by molar-refractivity contribution is 0.182. The van der Waals surface area contributed by atoms with E-state index in [1.807, 2.05) is 0 Å². The van der Waals surface area contributed by atoms with E-state index in [0.29, 0.717) is 0 Å². The molecule has 90 valence electrons. The fraction of sp³-hybridized carbons (Fsp3) is 0.400. The number of methoxy groups -OCH3 is 1. The molecule has 0 aliphatic carbocycles. The lowest BCUT2D eigenvalue weighted by atomic mass is 10.1. The van der Waals surface area contributed by atoms with Crippen molar-refractivity contribution in [2.75, 3.05) is 19.9 Å². The Morgan fingerprint density at radius 1 is 1.50 bits per heavy atom. The Kier molecular flexibility index (Phi) is 3.90. The maximum atomic E-state index is 11.6. The van der Waals surface area contributed by atoms with Gasteiger partial charge in [-0.25, -0.2) is 8.42 Å². The number of ether oxygens (including phenoxy) is 1. The van der Waals surface area contributed by atoms with Gasteiger partial charge in [0, 0.05) is 18.4 Å². The molecule has 0 aliphatic rings. The van der Waals surface area contributed by atoms with Crippen molar-refractivity contribution in [3.8, 4) is 5.75 Å². The zero-order chi connectivity index (χ0) is 12.3. The SMILES string of the molecule is COc1cccc(C(O)CN)c1S(C)(=O)=O. The van der Waals surface area contributed by atoms with Gasteiger partial charge in [0.25, 0.3) is 0 Å². The van der Waals surface area contributed by atoms with Crippen molar-refractivity contribution in [1.29, 1.82) is 0 Å². The first-order chi connectivity index (χ1) is 7.41. The first-order valence-corrected chi connectivity index (χ1v) is 6.56. The molecule has 0 heterocycles. The van der Waals surface area contributed by atoms with Gasteiger partial charge in [-0.1, -0.05) is 12.1 Å². The van der Waals surface area contributed by atoms with Gasteiger partial charge in [-0.3, -0.25) is 0 Å². The lowest BCUT2D eigenvalue weighted by Crippen LogP contribution is -2.15. The molecule has 0 aromatic heterocycles. The number of hydrogen-bond acceptors (Lipinski definition) is 5. The maximum absolute atomic E-state index is 11.6. The highest BCUT2D eigenvalue weighted by Crippen LogP contribution is 2.30. The van der Waals surface area contributed by atoms with E-state index in [4.69, 9.17) is 10.5 Å². The molecule has 0 aliphatic heterocycles. The Hall–Kier alpha value is -1.11. The minimum Gasteiger partial charge on any atom is -0.495 e. The summed E-state index contributed by atoms with van der Waals surface area (Å²) >= 11 is 0. The van der Waals surface area contributed by atoms with Crippen LogP contribution in [0.3, 0.4) is 0 Å². The average molecular weight is 245 g/mol. The summed E-state index contributed by atoms with van der Waals surface area (Å²) in [4.78, 5) is -0.00421. The molecule has 0 amide bonds. The second kappa shape index (κ2) is 4.82. The molecule has 3 N–H and O–H groups in total. The van der Waals surface area contributed by atoms with E-state index in [-0.39, 0.29) is 22.8 Å². The maximum Gasteiger partial charge on any atom is 0.179 e. The normalized spacial score (nSPS) is 13.5.